The Hall–Kier alpha value is -2.86. The molecular formula is C23H24N2O3S. The Morgan fingerprint density at radius 1 is 1.14 bits per heavy atom. The van der Waals surface area contributed by atoms with Crippen molar-refractivity contribution in [2.24, 2.45) is 0 Å². The number of thiazole rings is 1. The van der Waals surface area contributed by atoms with Crippen LogP contribution in [0.4, 0.5) is 0 Å². The highest BCUT2D eigenvalue weighted by atomic mass is 32.1. The third-order valence-corrected chi connectivity index (χ3v) is 6.04. The molecule has 1 fully saturated rings. The SMILES string of the molecule is CCOc1ccc(C2CCCN2C(=O)c2csc(-c3ccc(OC)cc3)n2)cc1. The summed E-state index contributed by atoms with van der Waals surface area (Å²) in [5.74, 6) is 1.66. The summed E-state index contributed by atoms with van der Waals surface area (Å²) in [6, 6.07) is 15.9. The summed E-state index contributed by atoms with van der Waals surface area (Å²) in [6.07, 6.45) is 1.97. The largest absolute Gasteiger partial charge is 0.497 e. The maximum atomic E-state index is 13.2. The summed E-state index contributed by atoms with van der Waals surface area (Å²) < 4.78 is 10.7. The van der Waals surface area contributed by atoms with Gasteiger partial charge in [-0.1, -0.05) is 12.1 Å². The molecule has 6 heteroatoms. The molecule has 3 aromatic rings. The van der Waals surface area contributed by atoms with Crippen LogP contribution in [0.25, 0.3) is 10.6 Å². The van der Waals surface area contributed by atoms with Gasteiger partial charge in [0.05, 0.1) is 19.8 Å². The number of benzene rings is 2. The van der Waals surface area contributed by atoms with Gasteiger partial charge in [-0.2, -0.15) is 0 Å². The molecular weight excluding hydrogens is 384 g/mol. The zero-order chi connectivity index (χ0) is 20.2. The number of hydrogen-bond donors (Lipinski definition) is 0. The predicted molar refractivity (Wildman–Crippen MR) is 115 cm³/mol. The lowest BCUT2D eigenvalue weighted by molar-refractivity contribution is 0.0730. The Morgan fingerprint density at radius 2 is 1.86 bits per heavy atom. The van der Waals surface area contributed by atoms with Gasteiger partial charge in [0.1, 0.15) is 22.2 Å². The van der Waals surface area contributed by atoms with Crippen LogP contribution in [0.1, 0.15) is 41.9 Å². The Labute approximate surface area is 174 Å². The summed E-state index contributed by atoms with van der Waals surface area (Å²) in [5.41, 5.74) is 2.64. The van der Waals surface area contributed by atoms with Gasteiger partial charge in [-0.05, 0) is 61.7 Å². The number of nitrogens with zero attached hydrogens (tertiary/aromatic N) is 2. The number of carbonyl (C=O) groups excluding carboxylic acids is 1. The standard InChI is InChI=1S/C23H24N2O3S/c1-3-28-19-12-6-16(7-13-19)21-5-4-14-25(21)23(26)20-15-29-22(24-20)17-8-10-18(27-2)11-9-17/h6-13,15,21H,3-5,14H2,1-2H3. The molecule has 0 aliphatic carbocycles. The molecule has 5 nitrogen and oxygen atoms in total. The molecule has 4 rings (SSSR count). The van der Waals surface area contributed by atoms with E-state index in [2.05, 4.69) is 17.1 Å². The number of hydrogen-bond acceptors (Lipinski definition) is 5. The molecule has 1 aliphatic rings. The molecule has 1 amide bonds. The first kappa shape index (κ1) is 19.5. The van der Waals surface area contributed by atoms with Crippen molar-refractivity contribution in [2.45, 2.75) is 25.8 Å². The topological polar surface area (TPSA) is 51.7 Å². The lowest BCUT2D eigenvalue weighted by Gasteiger charge is -2.24. The van der Waals surface area contributed by atoms with E-state index in [-0.39, 0.29) is 11.9 Å². The molecule has 0 radical (unpaired) electrons. The van der Waals surface area contributed by atoms with Crippen LogP contribution in [0.2, 0.25) is 0 Å². The molecule has 0 bridgehead atoms. The van der Waals surface area contributed by atoms with Crippen molar-refractivity contribution >= 4 is 17.2 Å². The van der Waals surface area contributed by atoms with Gasteiger partial charge >= 0.3 is 0 Å². The number of carbonyl (C=O) groups is 1. The predicted octanol–water partition coefficient (Wildman–Crippen LogP) is 5.19. The quantitative estimate of drug-likeness (QED) is 0.563. The number of amides is 1. The number of methoxy groups -OCH3 is 1. The third-order valence-electron chi connectivity index (χ3n) is 5.15. The van der Waals surface area contributed by atoms with Gasteiger partial charge in [0.25, 0.3) is 5.91 Å². The lowest BCUT2D eigenvalue weighted by atomic mass is 10.0. The van der Waals surface area contributed by atoms with Gasteiger partial charge in [-0.3, -0.25) is 4.79 Å². The number of aromatic nitrogens is 1. The second kappa shape index (κ2) is 8.66. The fourth-order valence-corrected chi connectivity index (χ4v) is 4.49. The van der Waals surface area contributed by atoms with Crippen molar-refractivity contribution in [3.8, 4) is 22.1 Å². The molecule has 29 heavy (non-hydrogen) atoms. The first-order valence-corrected chi connectivity index (χ1v) is 10.7. The fraction of sp³-hybridized carbons (Fsp3) is 0.304. The van der Waals surface area contributed by atoms with Crippen molar-refractivity contribution in [3.05, 3.63) is 65.2 Å². The number of rotatable bonds is 6. The molecule has 1 saturated heterocycles. The minimum Gasteiger partial charge on any atom is -0.497 e. The van der Waals surface area contributed by atoms with Gasteiger partial charge in [-0.15, -0.1) is 11.3 Å². The average Bonchev–Trinajstić information content (AvgIpc) is 3.44. The second-order valence-corrected chi connectivity index (χ2v) is 7.78. The Bertz CT molecular complexity index is 967. The zero-order valence-corrected chi connectivity index (χ0v) is 17.4. The van der Waals surface area contributed by atoms with Crippen LogP contribution in [0, 0.1) is 0 Å². The molecule has 1 unspecified atom stereocenters. The minimum atomic E-state index is -0.00241. The van der Waals surface area contributed by atoms with E-state index in [1.807, 2.05) is 53.6 Å². The van der Waals surface area contributed by atoms with E-state index < -0.39 is 0 Å². The Morgan fingerprint density at radius 3 is 2.55 bits per heavy atom. The molecule has 0 saturated carbocycles. The molecule has 150 valence electrons. The van der Waals surface area contributed by atoms with E-state index >= 15 is 0 Å². The van der Waals surface area contributed by atoms with Crippen LogP contribution in [0.5, 0.6) is 11.5 Å². The molecule has 0 N–H and O–H groups in total. The Kier molecular flexibility index (Phi) is 5.81. The molecule has 1 aliphatic heterocycles. The van der Waals surface area contributed by atoms with E-state index in [0.717, 1.165) is 47.0 Å². The maximum Gasteiger partial charge on any atom is 0.273 e. The summed E-state index contributed by atoms with van der Waals surface area (Å²) in [5, 5.41) is 2.70. The fourth-order valence-electron chi connectivity index (χ4n) is 3.69. The maximum absolute atomic E-state index is 13.2. The van der Waals surface area contributed by atoms with Crippen molar-refractivity contribution in [1.29, 1.82) is 0 Å². The van der Waals surface area contributed by atoms with Crippen LogP contribution in [0.3, 0.4) is 0 Å². The highest BCUT2D eigenvalue weighted by Crippen LogP contribution is 2.35. The van der Waals surface area contributed by atoms with Crippen molar-refractivity contribution in [2.75, 3.05) is 20.3 Å². The van der Waals surface area contributed by atoms with E-state index in [4.69, 9.17) is 9.47 Å². The van der Waals surface area contributed by atoms with Crippen molar-refractivity contribution in [3.63, 3.8) is 0 Å². The summed E-state index contributed by atoms with van der Waals surface area (Å²) in [4.78, 5) is 19.7. The van der Waals surface area contributed by atoms with Crippen molar-refractivity contribution in [1.82, 2.24) is 9.88 Å². The third kappa shape index (κ3) is 4.12. The van der Waals surface area contributed by atoms with Crippen LogP contribution in [-0.2, 0) is 0 Å². The summed E-state index contributed by atoms with van der Waals surface area (Å²) in [7, 11) is 1.64. The van der Waals surface area contributed by atoms with Gasteiger partial charge in [0.2, 0.25) is 0 Å². The normalized spacial score (nSPS) is 16.1. The molecule has 1 aromatic heterocycles. The average molecular weight is 409 g/mol. The highest BCUT2D eigenvalue weighted by Gasteiger charge is 2.31. The molecule has 1 atom stereocenters. The van der Waals surface area contributed by atoms with E-state index in [9.17, 15) is 4.79 Å². The van der Waals surface area contributed by atoms with E-state index in [1.54, 1.807) is 7.11 Å². The lowest BCUT2D eigenvalue weighted by Crippen LogP contribution is -2.30. The summed E-state index contributed by atoms with van der Waals surface area (Å²) in [6.45, 7) is 3.37. The van der Waals surface area contributed by atoms with Crippen LogP contribution in [-0.4, -0.2) is 36.1 Å². The molecule has 0 spiro atoms. The second-order valence-electron chi connectivity index (χ2n) is 6.93. The number of likely N-dealkylation sites (tertiary alicyclic amines) is 1. The smallest absolute Gasteiger partial charge is 0.273 e. The number of ether oxygens (including phenoxy) is 2. The van der Waals surface area contributed by atoms with E-state index in [1.165, 1.54) is 11.3 Å². The highest BCUT2D eigenvalue weighted by molar-refractivity contribution is 7.13. The van der Waals surface area contributed by atoms with Gasteiger partial charge in [-0.25, -0.2) is 4.98 Å². The molecule has 2 heterocycles. The monoisotopic (exact) mass is 408 g/mol. The van der Waals surface area contributed by atoms with Crippen LogP contribution < -0.4 is 9.47 Å². The van der Waals surface area contributed by atoms with Gasteiger partial charge in [0.15, 0.2) is 0 Å². The Balaban J connectivity index is 1.51. The van der Waals surface area contributed by atoms with Crippen LogP contribution in [0.15, 0.2) is 53.9 Å². The van der Waals surface area contributed by atoms with Crippen LogP contribution >= 0.6 is 11.3 Å². The van der Waals surface area contributed by atoms with Crippen molar-refractivity contribution < 1.29 is 14.3 Å². The first-order chi connectivity index (χ1) is 14.2. The molecule has 2 aromatic carbocycles. The van der Waals surface area contributed by atoms with E-state index in [0.29, 0.717) is 12.3 Å². The van der Waals surface area contributed by atoms with Gasteiger partial charge < -0.3 is 14.4 Å². The zero-order valence-electron chi connectivity index (χ0n) is 16.6. The van der Waals surface area contributed by atoms with Gasteiger partial charge in [0, 0.05) is 17.5 Å². The minimum absolute atomic E-state index is 0.00241. The summed E-state index contributed by atoms with van der Waals surface area (Å²) >= 11 is 1.49. The first-order valence-electron chi connectivity index (χ1n) is 9.83.